The van der Waals surface area contributed by atoms with Crippen LogP contribution in [0.3, 0.4) is 0 Å². The van der Waals surface area contributed by atoms with Gasteiger partial charge in [0.2, 0.25) is 0 Å². The second-order valence-corrected chi connectivity index (χ2v) is 7.59. The number of carbonyl (C=O) groups is 1. The number of thioether (sulfide) groups is 1. The molecule has 118 valence electrons. The molecule has 3 nitrogen and oxygen atoms in total. The van der Waals surface area contributed by atoms with E-state index in [2.05, 4.69) is 4.90 Å². The van der Waals surface area contributed by atoms with Crippen molar-refractivity contribution in [3.05, 3.63) is 23.8 Å². The SMILES string of the molecule is CN1CC[C@]2(c3ccc4c(c3)OC(F)(F)S4)CCC(=O)CC12. The van der Waals surface area contributed by atoms with Crippen LogP contribution in [0.4, 0.5) is 8.78 Å². The van der Waals surface area contributed by atoms with Crippen LogP contribution in [-0.4, -0.2) is 35.8 Å². The summed E-state index contributed by atoms with van der Waals surface area (Å²) in [6.45, 7) is 0.931. The molecule has 1 aliphatic carbocycles. The monoisotopic (exact) mass is 325 g/mol. The molecule has 1 aromatic carbocycles. The number of hydrogen-bond acceptors (Lipinski definition) is 4. The minimum Gasteiger partial charge on any atom is -0.423 e. The molecule has 1 aromatic rings. The summed E-state index contributed by atoms with van der Waals surface area (Å²) >= 11 is 0.452. The maximum absolute atomic E-state index is 13.4. The average molecular weight is 325 g/mol. The summed E-state index contributed by atoms with van der Waals surface area (Å²) < 4.78 is 31.5. The number of halogens is 2. The number of Topliss-reactive ketones (excluding diaryl/α,β-unsaturated/α-hetero) is 1. The van der Waals surface area contributed by atoms with E-state index in [0.717, 1.165) is 24.9 Å². The molecule has 1 unspecified atom stereocenters. The van der Waals surface area contributed by atoms with Gasteiger partial charge >= 0.3 is 5.44 Å². The number of nitrogens with zero attached hydrogens (tertiary/aromatic N) is 1. The highest BCUT2D eigenvalue weighted by Crippen LogP contribution is 2.53. The van der Waals surface area contributed by atoms with Crippen LogP contribution in [0.1, 0.15) is 31.2 Å². The standard InChI is InChI=1S/C16H17F2NO2S/c1-19-7-6-15(5-4-11(20)9-14(15)19)10-2-3-13-12(8-10)21-16(17,18)22-13/h2-3,8,14H,4-7,9H2,1H3/t14?,15-/m0/s1. The van der Waals surface area contributed by atoms with Crippen LogP contribution in [0.2, 0.25) is 0 Å². The van der Waals surface area contributed by atoms with E-state index >= 15 is 0 Å². The molecule has 22 heavy (non-hydrogen) atoms. The van der Waals surface area contributed by atoms with E-state index in [0.29, 0.717) is 35.3 Å². The molecule has 0 N–H and O–H groups in total. The number of ketones is 1. The van der Waals surface area contributed by atoms with Crippen molar-refractivity contribution in [3.63, 3.8) is 0 Å². The molecule has 0 aromatic heterocycles. The summed E-state index contributed by atoms with van der Waals surface area (Å²) in [7, 11) is 2.04. The molecule has 4 rings (SSSR count). The predicted octanol–water partition coefficient (Wildman–Crippen LogP) is 3.42. The van der Waals surface area contributed by atoms with Gasteiger partial charge in [0.05, 0.1) is 4.90 Å². The fourth-order valence-electron chi connectivity index (χ4n) is 4.18. The topological polar surface area (TPSA) is 29.5 Å². The zero-order valence-electron chi connectivity index (χ0n) is 12.3. The highest BCUT2D eigenvalue weighted by Gasteiger charge is 2.51. The van der Waals surface area contributed by atoms with E-state index in [1.807, 2.05) is 13.1 Å². The third-order valence-electron chi connectivity index (χ3n) is 5.33. The predicted molar refractivity (Wildman–Crippen MR) is 79.4 cm³/mol. The maximum Gasteiger partial charge on any atom is 0.457 e. The number of carbonyl (C=O) groups excluding carboxylic acids is 1. The first-order valence-electron chi connectivity index (χ1n) is 7.52. The van der Waals surface area contributed by atoms with Gasteiger partial charge in [0.25, 0.3) is 0 Å². The Morgan fingerprint density at radius 1 is 1.36 bits per heavy atom. The van der Waals surface area contributed by atoms with Gasteiger partial charge in [-0.3, -0.25) is 4.79 Å². The Balaban J connectivity index is 1.74. The van der Waals surface area contributed by atoms with Crippen molar-refractivity contribution in [3.8, 4) is 5.75 Å². The molecule has 1 saturated heterocycles. The van der Waals surface area contributed by atoms with Gasteiger partial charge in [-0.2, -0.15) is 8.78 Å². The third kappa shape index (κ3) is 2.07. The number of rotatable bonds is 1. The van der Waals surface area contributed by atoms with Crippen molar-refractivity contribution in [2.45, 2.75) is 47.5 Å². The number of benzene rings is 1. The van der Waals surface area contributed by atoms with Crippen LogP contribution in [0.15, 0.2) is 23.1 Å². The lowest BCUT2D eigenvalue weighted by molar-refractivity contribution is -0.122. The molecule has 2 heterocycles. The van der Waals surface area contributed by atoms with Gasteiger partial charge in [-0.15, -0.1) is 0 Å². The molecule has 0 amide bonds. The number of likely N-dealkylation sites (N-methyl/N-ethyl adjacent to an activating group) is 1. The van der Waals surface area contributed by atoms with Gasteiger partial charge in [-0.25, -0.2) is 0 Å². The smallest absolute Gasteiger partial charge is 0.423 e. The number of fused-ring (bicyclic) bond motifs is 2. The second-order valence-electron chi connectivity index (χ2n) is 6.47. The summed E-state index contributed by atoms with van der Waals surface area (Å²) in [5, 5.41) is 0. The zero-order chi connectivity index (χ0) is 15.5. The van der Waals surface area contributed by atoms with Crippen molar-refractivity contribution in [2.75, 3.05) is 13.6 Å². The Hall–Kier alpha value is -1.14. The summed E-state index contributed by atoms with van der Waals surface area (Å²) in [5.74, 6) is 0.570. The molecule has 1 saturated carbocycles. The van der Waals surface area contributed by atoms with Crippen LogP contribution in [0, 0.1) is 0 Å². The number of alkyl halides is 2. The minimum atomic E-state index is -3.17. The van der Waals surface area contributed by atoms with Crippen molar-refractivity contribution in [2.24, 2.45) is 0 Å². The van der Waals surface area contributed by atoms with Gasteiger partial charge < -0.3 is 9.64 Å². The van der Waals surface area contributed by atoms with E-state index in [4.69, 9.17) is 4.74 Å². The Bertz CT molecular complexity index is 651. The van der Waals surface area contributed by atoms with E-state index < -0.39 is 5.44 Å². The first-order valence-corrected chi connectivity index (χ1v) is 8.34. The zero-order valence-corrected chi connectivity index (χ0v) is 13.1. The molecular formula is C16H17F2NO2S. The summed E-state index contributed by atoms with van der Waals surface area (Å²) in [6.07, 6.45) is 2.89. The van der Waals surface area contributed by atoms with Crippen LogP contribution >= 0.6 is 11.8 Å². The minimum absolute atomic E-state index is 0.108. The van der Waals surface area contributed by atoms with Crippen molar-refractivity contribution >= 4 is 17.5 Å². The van der Waals surface area contributed by atoms with Gasteiger partial charge in [0.15, 0.2) is 0 Å². The lowest BCUT2D eigenvalue weighted by Gasteiger charge is -2.41. The van der Waals surface area contributed by atoms with Crippen LogP contribution in [-0.2, 0) is 10.2 Å². The molecule has 0 radical (unpaired) electrons. The number of likely N-dealkylation sites (tertiary alicyclic amines) is 1. The Kier molecular flexibility index (Phi) is 3.07. The number of hydrogen-bond donors (Lipinski definition) is 0. The Morgan fingerprint density at radius 2 is 2.18 bits per heavy atom. The quantitative estimate of drug-likeness (QED) is 0.791. The summed E-state index contributed by atoms with van der Waals surface area (Å²) in [5.41, 5.74) is -2.25. The molecular weight excluding hydrogens is 308 g/mol. The van der Waals surface area contributed by atoms with Crippen LogP contribution in [0.25, 0.3) is 0 Å². The number of ether oxygens (including phenoxy) is 1. The second kappa shape index (κ2) is 4.68. The van der Waals surface area contributed by atoms with E-state index in [1.165, 1.54) is 0 Å². The molecule has 0 bridgehead atoms. The molecule has 0 spiro atoms. The normalized spacial score (nSPS) is 33.4. The first kappa shape index (κ1) is 14.5. The lowest BCUT2D eigenvalue weighted by Crippen LogP contribution is -2.46. The van der Waals surface area contributed by atoms with Gasteiger partial charge in [-0.05, 0) is 55.9 Å². The third-order valence-corrected chi connectivity index (χ3v) is 6.21. The van der Waals surface area contributed by atoms with E-state index in [1.54, 1.807) is 12.1 Å². The molecule has 2 atom stereocenters. The molecule has 2 fully saturated rings. The Morgan fingerprint density at radius 3 is 3.00 bits per heavy atom. The lowest BCUT2D eigenvalue weighted by atomic mass is 9.66. The van der Waals surface area contributed by atoms with Crippen molar-refractivity contribution < 1.29 is 18.3 Å². The highest BCUT2D eigenvalue weighted by molar-refractivity contribution is 8.00. The van der Waals surface area contributed by atoms with Gasteiger partial charge in [0, 0.05) is 24.3 Å². The fourth-order valence-corrected chi connectivity index (χ4v) is 4.91. The fraction of sp³-hybridized carbons (Fsp3) is 0.562. The van der Waals surface area contributed by atoms with Crippen molar-refractivity contribution in [1.82, 2.24) is 4.90 Å². The van der Waals surface area contributed by atoms with Crippen LogP contribution in [0.5, 0.6) is 5.75 Å². The van der Waals surface area contributed by atoms with E-state index in [9.17, 15) is 13.6 Å². The molecule has 3 aliphatic rings. The molecule has 2 aliphatic heterocycles. The highest BCUT2D eigenvalue weighted by atomic mass is 32.2. The largest absolute Gasteiger partial charge is 0.457 e. The summed E-state index contributed by atoms with van der Waals surface area (Å²) in [6, 6.07) is 5.61. The Labute approximate surface area is 132 Å². The first-order chi connectivity index (χ1) is 10.4. The summed E-state index contributed by atoms with van der Waals surface area (Å²) in [4.78, 5) is 14.6. The van der Waals surface area contributed by atoms with Crippen molar-refractivity contribution in [1.29, 1.82) is 0 Å². The maximum atomic E-state index is 13.4. The van der Waals surface area contributed by atoms with Crippen LogP contribution < -0.4 is 4.74 Å². The molecule has 6 heteroatoms. The van der Waals surface area contributed by atoms with E-state index in [-0.39, 0.29) is 17.2 Å². The van der Waals surface area contributed by atoms with Gasteiger partial charge in [0.1, 0.15) is 11.5 Å². The van der Waals surface area contributed by atoms with Gasteiger partial charge in [-0.1, -0.05) is 6.07 Å². The average Bonchev–Trinajstić information content (AvgIpc) is 2.95.